The van der Waals surface area contributed by atoms with Gasteiger partial charge in [-0.25, -0.2) is 9.78 Å². The molecule has 0 bridgehead atoms. The third-order valence-corrected chi connectivity index (χ3v) is 5.86. The fraction of sp³-hybridized carbons (Fsp3) is 0.381. The van der Waals surface area contributed by atoms with Gasteiger partial charge in [0.15, 0.2) is 0 Å². The normalized spacial score (nSPS) is 18.8. The molecule has 1 amide bonds. The van der Waals surface area contributed by atoms with Crippen molar-refractivity contribution in [3.05, 3.63) is 67.3 Å². The second-order valence-corrected chi connectivity index (χ2v) is 8.02. The van der Waals surface area contributed by atoms with Gasteiger partial charge in [0.2, 0.25) is 5.12 Å². The highest BCUT2D eigenvalue weighted by atomic mass is 32.2. The van der Waals surface area contributed by atoms with E-state index in [1.165, 1.54) is 11.8 Å². The van der Waals surface area contributed by atoms with E-state index in [4.69, 9.17) is 4.74 Å². The molecule has 28 heavy (non-hydrogen) atoms. The minimum absolute atomic E-state index is 0.0454. The molecule has 7 heteroatoms. The first-order valence-corrected chi connectivity index (χ1v) is 10.3. The molecule has 1 aliphatic heterocycles. The van der Waals surface area contributed by atoms with Crippen LogP contribution in [0.5, 0.6) is 0 Å². The Balaban J connectivity index is 1.59. The average molecular weight is 400 g/mol. The number of hydrogen-bond donors (Lipinski definition) is 0. The largest absolute Gasteiger partial charge is 0.445 e. The fourth-order valence-corrected chi connectivity index (χ4v) is 4.52. The second kappa shape index (κ2) is 10.1. The van der Waals surface area contributed by atoms with Crippen LogP contribution in [0.15, 0.2) is 61.7 Å². The summed E-state index contributed by atoms with van der Waals surface area (Å²) < 4.78 is 7.28. The lowest BCUT2D eigenvalue weighted by Crippen LogP contribution is -2.36. The number of likely N-dealkylation sites (tertiary alicyclic amines) is 1. The van der Waals surface area contributed by atoms with E-state index < -0.39 is 0 Å². The zero-order valence-electron chi connectivity index (χ0n) is 15.8. The molecular formula is C21H25N3O3S. The van der Waals surface area contributed by atoms with E-state index in [1.54, 1.807) is 23.5 Å². The van der Waals surface area contributed by atoms with Crippen molar-refractivity contribution >= 4 is 23.0 Å². The second-order valence-electron chi connectivity index (χ2n) is 6.74. The van der Waals surface area contributed by atoms with E-state index in [1.807, 2.05) is 41.1 Å². The van der Waals surface area contributed by atoms with Crippen LogP contribution in [0.3, 0.4) is 0 Å². The Morgan fingerprint density at radius 3 is 2.86 bits per heavy atom. The van der Waals surface area contributed by atoms with Crippen LogP contribution >= 0.6 is 11.8 Å². The number of carbonyl (C=O) groups is 2. The van der Waals surface area contributed by atoms with Crippen LogP contribution in [-0.2, 0) is 11.3 Å². The van der Waals surface area contributed by atoms with Crippen molar-refractivity contribution in [3.63, 3.8) is 0 Å². The first-order valence-electron chi connectivity index (χ1n) is 9.43. The summed E-state index contributed by atoms with van der Waals surface area (Å²) in [6.45, 7) is 5.16. The molecule has 2 heterocycles. The highest BCUT2D eigenvalue weighted by Crippen LogP contribution is 2.32. The SMILES string of the molecule is C=CCOC(=O)N1CC(SC(=O)c2ccccc2)CC1CCCn1ccnc1. The predicted molar refractivity (Wildman–Crippen MR) is 110 cm³/mol. The van der Waals surface area contributed by atoms with E-state index in [0.717, 1.165) is 25.8 Å². The molecule has 0 saturated carbocycles. The third kappa shape index (κ3) is 5.48. The van der Waals surface area contributed by atoms with Crippen molar-refractivity contribution < 1.29 is 14.3 Å². The number of hydrogen-bond acceptors (Lipinski definition) is 5. The Kier molecular flexibility index (Phi) is 7.31. The molecule has 3 rings (SSSR count). The summed E-state index contributed by atoms with van der Waals surface area (Å²) in [4.78, 5) is 30.8. The fourth-order valence-electron chi connectivity index (χ4n) is 3.39. The number of ether oxygens (including phenoxy) is 1. The number of aryl methyl sites for hydroxylation is 1. The van der Waals surface area contributed by atoms with Gasteiger partial charge in [0.1, 0.15) is 6.61 Å². The molecule has 1 aliphatic rings. The maximum Gasteiger partial charge on any atom is 0.410 e. The number of carbonyl (C=O) groups excluding carboxylic acids is 2. The molecule has 1 saturated heterocycles. The molecule has 2 unspecified atom stereocenters. The van der Waals surface area contributed by atoms with Gasteiger partial charge in [-0.05, 0) is 19.3 Å². The number of benzene rings is 1. The van der Waals surface area contributed by atoms with Crippen molar-refractivity contribution in [2.24, 2.45) is 0 Å². The van der Waals surface area contributed by atoms with E-state index in [0.29, 0.717) is 12.1 Å². The van der Waals surface area contributed by atoms with Crippen LogP contribution in [0.2, 0.25) is 0 Å². The Morgan fingerprint density at radius 2 is 2.14 bits per heavy atom. The Morgan fingerprint density at radius 1 is 1.32 bits per heavy atom. The smallest absolute Gasteiger partial charge is 0.410 e. The van der Waals surface area contributed by atoms with Crippen LogP contribution in [0.1, 0.15) is 29.6 Å². The summed E-state index contributed by atoms with van der Waals surface area (Å²) in [5.74, 6) is 0. The van der Waals surface area contributed by atoms with Gasteiger partial charge >= 0.3 is 6.09 Å². The summed E-state index contributed by atoms with van der Waals surface area (Å²) in [5.41, 5.74) is 0.692. The number of thioether (sulfide) groups is 1. The Bertz CT molecular complexity index is 779. The molecule has 148 valence electrons. The molecule has 6 nitrogen and oxygen atoms in total. The Labute approximate surface area is 169 Å². The number of amides is 1. The number of nitrogens with zero attached hydrogens (tertiary/aromatic N) is 3. The lowest BCUT2D eigenvalue weighted by Gasteiger charge is -2.23. The molecular weight excluding hydrogens is 374 g/mol. The Hall–Kier alpha value is -2.54. The highest BCUT2D eigenvalue weighted by molar-refractivity contribution is 8.14. The molecule has 1 fully saturated rings. The number of imidazole rings is 1. The standard InChI is InChI=1S/C21H25N3O3S/c1-2-13-27-21(26)24-15-19(28-20(25)17-7-4-3-5-8-17)14-18(24)9-6-11-23-12-10-22-16-23/h2-5,7-8,10,12,16,18-19H,1,6,9,11,13-15H2. The summed E-state index contributed by atoms with van der Waals surface area (Å²) in [6, 6.07) is 9.33. The third-order valence-electron chi connectivity index (χ3n) is 4.73. The van der Waals surface area contributed by atoms with Gasteiger partial charge in [0, 0.05) is 42.3 Å². The summed E-state index contributed by atoms with van der Waals surface area (Å²) in [5, 5.41) is 0.117. The van der Waals surface area contributed by atoms with Gasteiger partial charge in [-0.2, -0.15) is 0 Å². The van der Waals surface area contributed by atoms with Gasteiger partial charge in [0.25, 0.3) is 0 Å². The van der Waals surface area contributed by atoms with Gasteiger partial charge in [-0.1, -0.05) is 54.7 Å². The average Bonchev–Trinajstić information content (AvgIpc) is 3.37. The van der Waals surface area contributed by atoms with Gasteiger partial charge < -0.3 is 14.2 Å². The molecule has 2 atom stereocenters. The molecule has 0 aliphatic carbocycles. The van der Waals surface area contributed by atoms with Crippen LogP contribution in [-0.4, -0.2) is 50.1 Å². The first kappa shape index (κ1) is 20.2. The van der Waals surface area contributed by atoms with E-state index >= 15 is 0 Å². The summed E-state index contributed by atoms with van der Waals surface area (Å²) in [7, 11) is 0. The van der Waals surface area contributed by atoms with Crippen molar-refractivity contribution in [1.82, 2.24) is 14.5 Å². The van der Waals surface area contributed by atoms with Crippen LogP contribution in [0.25, 0.3) is 0 Å². The molecule has 1 aromatic heterocycles. The van der Waals surface area contributed by atoms with Crippen molar-refractivity contribution in [1.29, 1.82) is 0 Å². The first-order chi connectivity index (χ1) is 13.7. The minimum Gasteiger partial charge on any atom is -0.445 e. The van der Waals surface area contributed by atoms with Gasteiger partial charge in [-0.15, -0.1) is 0 Å². The van der Waals surface area contributed by atoms with Gasteiger partial charge in [-0.3, -0.25) is 4.79 Å². The zero-order chi connectivity index (χ0) is 19.8. The molecule has 2 aromatic rings. The molecule has 1 aromatic carbocycles. The summed E-state index contributed by atoms with van der Waals surface area (Å²) in [6.07, 6.45) is 9.29. The zero-order valence-corrected chi connectivity index (χ0v) is 16.6. The molecule has 0 radical (unpaired) electrons. The minimum atomic E-state index is -0.331. The highest BCUT2D eigenvalue weighted by Gasteiger charge is 2.37. The number of rotatable bonds is 8. The van der Waals surface area contributed by atoms with E-state index in [9.17, 15) is 9.59 Å². The maximum absolute atomic E-state index is 12.5. The van der Waals surface area contributed by atoms with E-state index in [2.05, 4.69) is 11.6 Å². The van der Waals surface area contributed by atoms with Crippen molar-refractivity contribution in [2.45, 2.75) is 37.1 Å². The van der Waals surface area contributed by atoms with Crippen LogP contribution in [0.4, 0.5) is 4.79 Å². The number of aromatic nitrogens is 2. The van der Waals surface area contributed by atoms with E-state index in [-0.39, 0.29) is 29.1 Å². The molecule has 0 spiro atoms. The monoisotopic (exact) mass is 399 g/mol. The summed E-state index contributed by atoms with van der Waals surface area (Å²) >= 11 is 1.32. The molecule has 0 N–H and O–H groups in total. The quantitative estimate of drug-likeness (QED) is 0.628. The predicted octanol–water partition coefficient (Wildman–Crippen LogP) is 4.00. The van der Waals surface area contributed by atoms with Gasteiger partial charge in [0.05, 0.1) is 6.33 Å². The lowest BCUT2D eigenvalue weighted by atomic mass is 10.1. The maximum atomic E-state index is 12.5. The van der Waals surface area contributed by atoms with Crippen LogP contribution in [0, 0.1) is 0 Å². The van der Waals surface area contributed by atoms with Crippen molar-refractivity contribution in [3.8, 4) is 0 Å². The topological polar surface area (TPSA) is 64.4 Å². The van der Waals surface area contributed by atoms with Crippen molar-refractivity contribution in [2.75, 3.05) is 13.2 Å². The van der Waals surface area contributed by atoms with Crippen LogP contribution < -0.4 is 0 Å². The lowest BCUT2D eigenvalue weighted by molar-refractivity contribution is 0.105.